The summed E-state index contributed by atoms with van der Waals surface area (Å²) in [5, 5.41) is 3.38. The van der Waals surface area contributed by atoms with E-state index >= 15 is 0 Å². The van der Waals surface area contributed by atoms with Gasteiger partial charge in [-0.05, 0) is 13.5 Å². The summed E-state index contributed by atoms with van der Waals surface area (Å²) in [4.78, 5) is 2.55. The maximum Gasteiger partial charge on any atom is 0.157 e. The third-order valence-corrected chi connectivity index (χ3v) is 2.15. The standard InChI is InChI=1S/C5H15B3N2/c1-5-4-9-2-3-10(5)8-7-6/h5,7-9H,2-4,6H2,1H3. The van der Waals surface area contributed by atoms with Gasteiger partial charge in [0, 0.05) is 19.1 Å². The molecule has 1 aliphatic rings. The summed E-state index contributed by atoms with van der Waals surface area (Å²) >= 11 is 0. The molecule has 1 fully saturated rings. The normalized spacial score (nSPS) is 27.9. The molecule has 0 aromatic rings. The lowest BCUT2D eigenvalue weighted by atomic mass is 9.32. The van der Waals surface area contributed by atoms with Crippen LogP contribution in [0, 0.1) is 0 Å². The summed E-state index contributed by atoms with van der Waals surface area (Å²) in [6.45, 7) is 5.86. The van der Waals surface area contributed by atoms with Crippen molar-refractivity contribution >= 4 is 22.1 Å². The summed E-state index contributed by atoms with van der Waals surface area (Å²) in [5.41, 5.74) is 0. The van der Waals surface area contributed by atoms with Crippen LogP contribution in [-0.4, -0.2) is 52.6 Å². The Balaban J connectivity index is 2.25. The third-order valence-electron chi connectivity index (χ3n) is 2.15. The van der Waals surface area contributed by atoms with Gasteiger partial charge >= 0.3 is 0 Å². The van der Waals surface area contributed by atoms with Crippen molar-refractivity contribution in [2.24, 2.45) is 0 Å². The molecule has 1 unspecified atom stereocenters. The monoisotopic (exact) mass is 136 g/mol. The van der Waals surface area contributed by atoms with E-state index in [1.807, 2.05) is 0 Å². The van der Waals surface area contributed by atoms with Crippen molar-refractivity contribution in [2.45, 2.75) is 13.0 Å². The van der Waals surface area contributed by atoms with Crippen LogP contribution in [0.15, 0.2) is 0 Å². The van der Waals surface area contributed by atoms with Crippen molar-refractivity contribution in [2.75, 3.05) is 19.6 Å². The molecule has 0 amide bonds. The van der Waals surface area contributed by atoms with Crippen LogP contribution in [0.3, 0.4) is 0 Å². The molecule has 5 heteroatoms. The molecule has 0 saturated carbocycles. The van der Waals surface area contributed by atoms with Gasteiger partial charge in [-0.15, -0.1) is 0 Å². The minimum absolute atomic E-state index is 0.744. The van der Waals surface area contributed by atoms with Crippen LogP contribution >= 0.6 is 0 Å². The average molecular weight is 136 g/mol. The van der Waals surface area contributed by atoms with Gasteiger partial charge in [0.25, 0.3) is 0 Å². The second kappa shape index (κ2) is 4.09. The van der Waals surface area contributed by atoms with Gasteiger partial charge in [-0.1, -0.05) is 0 Å². The summed E-state index contributed by atoms with van der Waals surface area (Å²) in [7, 11) is 4.79. The third kappa shape index (κ3) is 2.06. The molecule has 54 valence electrons. The first-order valence-corrected chi connectivity index (χ1v) is 4.29. The van der Waals surface area contributed by atoms with E-state index in [1.165, 1.54) is 34.0 Å². The van der Waals surface area contributed by atoms with Gasteiger partial charge in [-0.25, -0.2) is 0 Å². The van der Waals surface area contributed by atoms with Gasteiger partial charge in [0.1, 0.15) is 0 Å². The first-order valence-electron chi connectivity index (χ1n) is 4.29. The first-order chi connectivity index (χ1) is 4.84. The Kier molecular flexibility index (Phi) is 3.36. The van der Waals surface area contributed by atoms with Gasteiger partial charge in [-0.2, -0.15) is 0 Å². The molecule has 10 heavy (non-hydrogen) atoms. The predicted octanol–water partition coefficient (Wildman–Crippen LogP) is -2.47. The van der Waals surface area contributed by atoms with Crippen LogP contribution < -0.4 is 5.32 Å². The number of nitrogens with zero attached hydrogens (tertiary/aromatic N) is 1. The highest BCUT2D eigenvalue weighted by Gasteiger charge is 2.16. The lowest BCUT2D eigenvalue weighted by molar-refractivity contribution is 0.294. The summed E-state index contributed by atoms with van der Waals surface area (Å²) < 4.78 is 0. The van der Waals surface area contributed by atoms with Crippen molar-refractivity contribution in [1.29, 1.82) is 0 Å². The molecule has 1 atom stereocenters. The van der Waals surface area contributed by atoms with E-state index in [9.17, 15) is 0 Å². The van der Waals surface area contributed by atoms with Crippen LogP contribution in [0.25, 0.3) is 0 Å². The fourth-order valence-corrected chi connectivity index (χ4v) is 1.50. The number of hydrogen-bond acceptors (Lipinski definition) is 2. The Hall–Kier alpha value is 0.115. The van der Waals surface area contributed by atoms with Crippen molar-refractivity contribution in [1.82, 2.24) is 10.1 Å². The average Bonchev–Trinajstić information content (AvgIpc) is 1.94. The smallest absolute Gasteiger partial charge is 0.157 e. The quantitative estimate of drug-likeness (QED) is 0.423. The summed E-state index contributed by atoms with van der Waals surface area (Å²) in [5.74, 6) is 0. The molecule has 0 bridgehead atoms. The van der Waals surface area contributed by atoms with Crippen LogP contribution in [0.2, 0.25) is 0 Å². The fraction of sp³-hybridized carbons (Fsp3) is 1.00. The lowest BCUT2D eigenvalue weighted by Crippen LogP contribution is -2.52. The summed E-state index contributed by atoms with van der Waals surface area (Å²) in [6.07, 6.45) is 0. The predicted molar refractivity (Wildman–Crippen MR) is 51.9 cm³/mol. The SMILES string of the molecule is BBBN1CCNCC1C. The van der Waals surface area contributed by atoms with Crippen LogP contribution in [0.1, 0.15) is 6.92 Å². The minimum Gasteiger partial charge on any atom is -0.349 e. The minimum atomic E-state index is 0.744. The zero-order valence-corrected chi connectivity index (χ0v) is 7.06. The molecule has 0 aromatic carbocycles. The molecule has 1 N–H and O–H groups in total. The maximum atomic E-state index is 3.38. The molecule has 0 aromatic heterocycles. The van der Waals surface area contributed by atoms with Crippen molar-refractivity contribution in [3.8, 4) is 0 Å². The molecule has 0 radical (unpaired) electrons. The molecular formula is C5H15B3N2. The molecule has 2 nitrogen and oxygen atoms in total. The zero-order chi connectivity index (χ0) is 7.40. The van der Waals surface area contributed by atoms with Gasteiger partial charge in [-0.3, -0.25) is 0 Å². The van der Waals surface area contributed by atoms with Gasteiger partial charge < -0.3 is 10.1 Å². The second-order valence-electron chi connectivity index (χ2n) is 3.09. The number of piperazine rings is 1. The van der Waals surface area contributed by atoms with Crippen molar-refractivity contribution < 1.29 is 0 Å². The second-order valence-corrected chi connectivity index (χ2v) is 3.09. The van der Waals surface area contributed by atoms with Crippen LogP contribution in [0.5, 0.6) is 0 Å². The Morgan fingerprint density at radius 1 is 1.70 bits per heavy atom. The number of hydrogen-bond donors (Lipinski definition) is 1. The largest absolute Gasteiger partial charge is 0.349 e. The van der Waals surface area contributed by atoms with Gasteiger partial charge in [0.05, 0.1) is 14.8 Å². The number of rotatable bonds is 2. The van der Waals surface area contributed by atoms with E-state index < -0.39 is 0 Å². The van der Waals surface area contributed by atoms with E-state index in [1.54, 1.807) is 0 Å². The van der Waals surface area contributed by atoms with E-state index in [-0.39, 0.29) is 0 Å². The summed E-state index contributed by atoms with van der Waals surface area (Å²) in [6, 6.07) is 0.744. The molecule has 0 spiro atoms. The Labute approximate surface area is 65.6 Å². The fourth-order valence-electron chi connectivity index (χ4n) is 1.50. The first kappa shape index (κ1) is 8.21. The van der Waals surface area contributed by atoms with Crippen molar-refractivity contribution in [3.63, 3.8) is 0 Å². The Morgan fingerprint density at radius 3 is 3.10 bits per heavy atom. The molecule has 0 aliphatic carbocycles. The molecule has 1 aliphatic heterocycles. The highest BCUT2D eigenvalue weighted by atomic mass is 15.1. The lowest BCUT2D eigenvalue weighted by Gasteiger charge is -2.33. The molecule has 1 heterocycles. The van der Waals surface area contributed by atoms with Crippen LogP contribution in [0.4, 0.5) is 0 Å². The van der Waals surface area contributed by atoms with Crippen LogP contribution in [-0.2, 0) is 0 Å². The molecular weight excluding hydrogens is 121 g/mol. The van der Waals surface area contributed by atoms with Gasteiger partial charge in [0.2, 0.25) is 0 Å². The Bertz CT molecular complexity index is 98.9. The zero-order valence-electron chi connectivity index (χ0n) is 7.06. The van der Waals surface area contributed by atoms with Gasteiger partial charge in [0.15, 0.2) is 7.31 Å². The number of nitrogens with one attached hydrogen (secondary N) is 1. The van der Waals surface area contributed by atoms with E-state index in [2.05, 4.69) is 24.8 Å². The van der Waals surface area contributed by atoms with Crippen molar-refractivity contribution in [3.05, 3.63) is 0 Å². The van der Waals surface area contributed by atoms with E-state index in [4.69, 9.17) is 0 Å². The molecule has 1 saturated heterocycles. The highest BCUT2D eigenvalue weighted by molar-refractivity contribution is 7.23. The Morgan fingerprint density at radius 2 is 2.50 bits per heavy atom. The molecule has 1 rings (SSSR count). The topological polar surface area (TPSA) is 15.3 Å². The maximum absolute atomic E-state index is 3.38. The van der Waals surface area contributed by atoms with E-state index in [0.717, 1.165) is 6.04 Å². The highest BCUT2D eigenvalue weighted by Crippen LogP contribution is 1.97. The van der Waals surface area contributed by atoms with E-state index in [0.29, 0.717) is 0 Å².